The Morgan fingerprint density at radius 3 is 2.38 bits per heavy atom. The highest BCUT2D eigenvalue weighted by Crippen LogP contribution is 2.24. The molecule has 0 aromatic heterocycles. The SMILES string of the molecule is Cc1cc(C)c(C)c(OCc2ccc(C(=O)O)cc2C)c1. The van der Waals surface area contributed by atoms with Crippen molar-refractivity contribution in [3.05, 3.63) is 63.7 Å². The van der Waals surface area contributed by atoms with Crippen LogP contribution in [-0.2, 0) is 6.61 Å². The number of ether oxygens (including phenoxy) is 1. The van der Waals surface area contributed by atoms with Crippen molar-refractivity contribution in [2.45, 2.75) is 34.3 Å². The van der Waals surface area contributed by atoms with Gasteiger partial charge in [0, 0.05) is 0 Å². The Balaban J connectivity index is 2.19. The smallest absolute Gasteiger partial charge is 0.335 e. The fourth-order valence-corrected chi connectivity index (χ4v) is 2.30. The zero-order valence-corrected chi connectivity index (χ0v) is 12.9. The minimum Gasteiger partial charge on any atom is -0.489 e. The van der Waals surface area contributed by atoms with Crippen molar-refractivity contribution in [3.63, 3.8) is 0 Å². The molecule has 2 rings (SSSR count). The van der Waals surface area contributed by atoms with Crippen LogP contribution in [0.4, 0.5) is 0 Å². The van der Waals surface area contributed by atoms with Crippen LogP contribution in [0.1, 0.15) is 38.2 Å². The van der Waals surface area contributed by atoms with E-state index >= 15 is 0 Å². The number of benzene rings is 2. The molecule has 1 N–H and O–H groups in total. The topological polar surface area (TPSA) is 46.5 Å². The van der Waals surface area contributed by atoms with Crippen LogP contribution in [0.5, 0.6) is 5.75 Å². The monoisotopic (exact) mass is 284 g/mol. The maximum atomic E-state index is 10.9. The van der Waals surface area contributed by atoms with Gasteiger partial charge in [-0.15, -0.1) is 0 Å². The van der Waals surface area contributed by atoms with E-state index in [9.17, 15) is 4.79 Å². The van der Waals surface area contributed by atoms with Gasteiger partial charge in [-0.2, -0.15) is 0 Å². The van der Waals surface area contributed by atoms with Gasteiger partial charge in [-0.25, -0.2) is 4.79 Å². The van der Waals surface area contributed by atoms with Crippen molar-refractivity contribution in [2.24, 2.45) is 0 Å². The molecule has 0 heterocycles. The number of hydrogen-bond acceptors (Lipinski definition) is 2. The zero-order valence-electron chi connectivity index (χ0n) is 12.9. The van der Waals surface area contributed by atoms with Gasteiger partial charge >= 0.3 is 5.97 Å². The largest absolute Gasteiger partial charge is 0.489 e. The average Bonchev–Trinajstić information content (AvgIpc) is 2.42. The molecule has 0 saturated heterocycles. The van der Waals surface area contributed by atoms with Crippen LogP contribution >= 0.6 is 0 Å². The van der Waals surface area contributed by atoms with Crippen molar-refractivity contribution in [1.82, 2.24) is 0 Å². The molecule has 2 aromatic carbocycles. The van der Waals surface area contributed by atoms with Crippen LogP contribution in [0.2, 0.25) is 0 Å². The normalized spacial score (nSPS) is 10.5. The third kappa shape index (κ3) is 3.43. The summed E-state index contributed by atoms with van der Waals surface area (Å²) < 4.78 is 5.92. The summed E-state index contributed by atoms with van der Waals surface area (Å²) >= 11 is 0. The Labute approximate surface area is 125 Å². The summed E-state index contributed by atoms with van der Waals surface area (Å²) in [6, 6.07) is 9.27. The summed E-state index contributed by atoms with van der Waals surface area (Å²) in [6.45, 7) is 8.51. The quantitative estimate of drug-likeness (QED) is 0.915. The van der Waals surface area contributed by atoms with Gasteiger partial charge in [0.15, 0.2) is 0 Å². The molecule has 0 aliphatic carbocycles. The van der Waals surface area contributed by atoms with E-state index in [0.717, 1.165) is 22.4 Å². The molecule has 0 spiro atoms. The fourth-order valence-electron chi connectivity index (χ4n) is 2.30. The van der Waals surface area contributed by atoms with Crippen molar-refractivity contribution in [2.75, 3.05) is 0 Å². The highest BCUT2D eigenvalue weighted by Gasteiger charge is 2.08. The molecule has 2 aromatic rings. The second kappa shape index (κ2) is 6.00. The molecule has 110 valence electrons. The lowest BCUT2D eigenvalue weighted by molar-refractivity contribution is 0.0696. The molecule has 3 heteroatoms. The zero-order chi connectivity index (χ0) is 15.6. The number of rotatable bonds is 4. The Kier molecular flexibility index (Phi) is 4.32. The lowest BCUT2D eigenvalue weighted by Gasteiger charge is -2.14. The number of aryl methyl sites for hydroxylation is 3. The highest BCUT2D eigenvalue weighted by molar-refractivity contribution is 5.87. The number of hydrogen-bond donors (Lipinski definition) is 1. The van der Waals surface area contributed by atoms with Crippen molar-refractivity contribution < 1.29 is 14.6 Å². The highest BCUT2D eigenvalue weighted by atomic mass is 16.5. The van der Waals surface area contributed by atoms with Crippen LogP contribution in [0.15, 0.2) is 30.3 Å². The first-order valence-corrected chi connectivity index (χ1v) is 6.92. The predicted molar refractivity (Wildman–Crippen MR) is 83.1 cm³/mol. The summed E-state index contributed by atoms with van der Waals surface area (Å²) in [7, 11) is 0. The lowest BCUT2D eigenvalue weighted by atomic mass is 10.0. The van der Waals surface area contributed by atoms with Crippen molar-refractivity contribution in [3.8, 4) is 5.75 Å². The second-order valence-corrected chi connectivity index (χ2v) is 5.44. The van der Waals surface area contributed by atoms with E-state index < -0.39 is 5.97 Å². The maximum Gasteiger partial charge on any atom is 0.335 e. The molecule has 0 fully saturated rings. The molecule has 0 unspecified atom stereocenters. The van der Waals surface area contributed by atoms with E-state index in [0.29, 0.717) is 12.2 Å². The van der Waals surface area contributed by atoms with Crippen molar-refractivity contribution >= 4 is 5.97 Å². The number of carboxylic acid groups (broad SMARTS) is 1. The first-order chi connectivity index (χ1) is 9.88. The summed E-state index contributed by atoms with van der Waals surface area (Å²) in [5, 5.41) is 8.97. The predicted octanol–water partition coefficient (Wildman–Crippen LogP) is 4.20. The maximum absolute atomic E-state index is 10.9. The van der Waals surface area contributed by atoms with Gasteiger partial charge < -0.3 is 9.84 Å². The average molecular weight is 284 g/mol. The van der Waals surface area contributed by atoms with Gasteiger partial charge in [0.05, 0.1) is 5.56 Å². The number of aromatic carboxylic acids is 1. The van der Waals surface area contributed by atoms with Crippen LogP contribution in [0.25, 0.3) is 0 Å². The molecular weight excluding hydrogens is 264 g/mol. The Hall–Kier alpha value is -2.29. The first-order valence-electron chi connectivity index (χ1n) is 6.92. The summed E-state index contributed by atoms with van der Waals surface area (Å²) in [4.78, 5) is 10.9. The van der Waals surface area contributed by atoms with Gasteiger partial charge in [-0.05, 0) is 73.7 Å². The molecule has 3 nitrogen and oxygen atoms in total. The first kappa shape index (κ1) is 15.1. The van der Waals surface area contributed by atoms with E-state index in [1.54, 1.807) is 12.1 Å². The Bertz CT molecular complexity index is 687. The summed E-state index contributed by atoms with van der Waals surface area (Å²) in [5.41, 5.74) is 5.75. The Morgan fingerprint density at radius 1 is 1.05 bits per heavy atom. The Morgan fingerprint density at radius 2 is 1.76 bits per heavy atom. The summed E-state index contributed by atoms with van der Waals surface area (Å²) in [6.07, 6.45) is 0. The molecule has 0 saturated carbocycles. The van der Waals surface area contributed by atoms with E-state index in [4.69, 9.17) is 9.84 Å². The van der Waals surface area contributed by atoms with E-state index in [1.165, 1.54) is 11.1 Å². The van der Waals surface area contributed by atoms with Crippen molar-refractivity contribution in [1.29, 1.82) is 0 Å². The molecule has 21 heavy (non-hydrogen) atoms. The van der Waals surface area contributed by atoms with Gasteiger partial charge in [0.2, 0.25) is 0 Å². The van der Waals surface area contributed by atoms with Gasteiger partial charge in [0.1, 0.15) is 12.4 Å². The standard InChI is InChI=1S/C18H20O3/c1-11-7-12(2)14(4)17(8-11)21-10-16-6-5-15(18(19)20)9-13(16)3/h5-9H,10H2,1-4H3,(H,19,20). The van der Waals surface area contributed by atoms with Gasteiger partial charge in [-0.3, -0.25) is 0 Å². The number of carboxylic acids is 1. The minimum atomic E-state index is -0.907. The molecule has 0 atom stereocenters. The summed E-state index contributed by atoms with van der Waals surface area (Å²) in [5.74, 6) is -0.0232. The molecule has 0 aliphatic heterocycles. The fraction of sp³-hybridized carbons (Fsp3) is 0.278. The van der Waals surface area contributed by atoms with Crippen LogP contribution in [-0.4, -0.2) is 11.1 Å². The van der Waals surface area contributed by atoms with E-state index in [-0.39, 0.29) is 0 Å². The second-order valence-electron chi connectivity index (χ2n) is 5.44. The third-order valence-corrected chi connectivity index (χ3v) is 3.74. The molecule has 0 radical (unpaired) electrons. The molecule has 0 amide bonds. The molecular formula is C18H20O3. The molecule has 0 bridgehead atoms. The van der Waals surface area contributed by atoms with Crippen LogP contribution < -0.4 is 4.74 Å². The van der Waals surface area contributed by atoms with E-state index in [1.807, 2.05) is 32.9 Å². The molecule has 0 aliphatic rings. The van der Waals surface area contributed by atoms with Gasteiger partial charge in [0.25, 0.3) is 0 Å². The van der Waals surface area contributed by atoms with E-state index in [2.05, 4.69) is 13.0 Å². The minimum absolute atomic E-state index is 0.304. The van der Waals surface area contributed by atoms with Gasteiger partial charge in [-0.1, -0.05) is 12.1 Å². The van der Waals surface area contributed by atoms with Crippen LogP contribution in [0.3, 0.4) is 0 Å². The number of carbonyl (C=O) groups is 1. The third-order valence-electron chi connectivity index (χ3n) is 3.74. The lowest BCUT2D eigenvalue weighted by Crippen LogP contribution is -2.03. The van der Waals surface area contributed by atoms with Crippen LogP contribution in [0, 0.1) is 27.7 Å².